The third kappa shape index (κ3) is 2.45. The minimum absolute atomic E-state index is 0.306. The first-order valence-corrected chi connectivity index (χ1v) is 8.18. The summed E-state index contributed by atoms with van der Waals surface area (Å²) in [4.78, 5) is 12.7. The highest BCUT2D eigenvalue weighted by molar-refractivity contribution is 6.03. The standard InChI is InChI=1S/C22H24O/c1-15(17-9-7-6-8-10-17)13-16-11-12-18-19(14-16)22(4,5)20(23)21(18,2)3/h6-14H,1-5H3/b15-13+. The maximum atomic E-state index is 12.7. The van der Waals surface area contributed by atoms with E-state index in [-0.39, 0.29) is 0 Å². The van der Waals surface area contributed by atoms with Crippen LogP contribution in [-0.4, -0.2) is 5.78 Å². The van der Waals surface area contributed by atoms with Gasteiger partial charge in [-0.3, -0.25) is 4.79 Å². The predicted octanol–water partition coefficient (Wildman–Crippen LogP) is 5.39. The zero-order valence-electron chi connectivity index (χ0n) is 14.6. The first kappa shape index (κ1) is 15.7. The van der Waals surface area contributed by atoms with E-state index in [1.165, 1.54) is 22.3 Å². The zero-order valence-corrected chi connectivity index (χ0v) is 14.6. The number of carbonyl (C=O) groups excluding carboxylic acids is 1. The summed E-state index contributed by atoms with van der Waals surface area (Å²) in [6, 6.07) is 16.8. The van der Waals surface area contributed by atoms with E-state index in [1.54, 1.807) is 0 Å². The average Bonchev–Trinajstić information content (AvgIpc) is 2.66. The monoisotopic (exact) mass is 304 g/mol. The van der Waals surface area contributed by atoms with Gasteiger partial charge in [-0.05, 0) is 62.4 Å². The van der Waals surface area contributed by atoms with Crippen molar-refractivity contribution in [1.82, 2.24) is 0 Å². The molecule has 2 aromatic rings. The van der Waals surface area contributed by atoms with Gasteiger partial charge in [0.2, 0.25) is 0 Å². The molecule has 0 aliphatic heterocycles. The van der Waals surface area contributed by atoms with Gasteiger partial charge in [0.1, 0.15) is 0 Å². The second kappa shape index (κ2) is 5.19. The Bertz CT molecular complexity index is 792. The van der Waals surface area contributed by atoms with E-state index in [4.69, 9.17) is 0 Å². The minimum Gasteiger partial charge on any atom is -0.298 e. The van der Waals surface area contributed by atoms with Crippen LogP contribution in [0.3, 0.4) is 0 Å². The summed E-state index contributed by atoms with van der Waals surface area (Å²) in [6.07, 6.45) is 2.20. The fourth-order valence-electron chi connectivity index (χ4n) is 3.77. The number of benzene rings is 2. The molecule has 1 aliphatic rings. The lowest BCUT2D eigenvalue weighted by atomic mass is 9.80. The molecular weight excluding hydrogens is 280 g/mol. The van der Waals surface area contributed by atoms with Crippen LogP contribution < -0.4 is 0 Å². The SMILES string of the molecule is C/C(=C\c1ccc2c(c1)C(C)(C)C(=O)C2(C)C)c1ccccc1. The van der Waals surface area contributed by atoms with E-state index in [1.807, 2.05) is 33.8 Å². The van der Waals surface area contributed by atoms with Gasteiger partial charge >= 0.3 is 0 Å². The number of hydrogen-bond donors (Lipinski definition) is 0. The fraction of sp³-hybridized carbons (Fsp3) is 0.318. The lowest BCUT2D eigenvalue weighted by Crippen LogP contribution is -2.33. The Morgan fingerprint density at radius 2 is 1.48 bits per heavy atom. The van der Waals surface area contributed by atoms with Crippen molar-refractivity contribution in [1.29, 1.82) is 0 Å². The van der Waals surface area contributed by atoms with E-state index < -0.39 is 10.8 Å². The fourth-order valence-corrected chi connectivity index (χ4v) is 3.77. The quantitative estimate of drug-likeness (QED) is 0.680. The van der Waals surface area contributed by atoms with Crippen molar-refractivity contribution in [2.75, 3.05) is 0 Å². The number of carbonyl (C=O) groups is 1. The molecule has 0 spiro atoms. The molecule has 0 atom stereocenters. The van der Waals surface area contributed by atoms with Crippen molar-refractivity contribution in [2.24, 2.45) is 0 Å². The predicted molar refractivity (Wildman–Crippen MR) is 97.5 cm³/mol. The van der Waals surface area contributed by atoms with Crippen LogP contribution in [0.25, 0.3) is 11.6 Å². The molecule has 3 rings (SSSR count). The third-order valence-electron chi connectivity index (χ3n) is 5.14. The lowest BCUT2D eigenvalue weighted by Gasteiger charge is -2.21. The molecule has 0 saturated carbocycles. The summed E-state index contributed by atoms with van der Waals surface area (Å²) >= 11 is 0. The van der Waals surface area contributed by atoms with Gasteiger partial charge in [-0.2, -0.15) is 0 Å². The van der Waals surface area contributed by atoms with Gasteiger partial charge in [0.05, 0.1) is 0 Å². The molecule has 118 valence electrons. The number of allylic oxidation sites excluding steroid dienone is 1. The summed E-state index contributed by atoms with van der Waals surface area (Å²) in [5.74, 6) is 0.306. The molecule has 0 fully saturated rings. The maximum absolute atomic E-state index is 12.7. The van der Waals surface area contributed by atoms with Gasteiger partial charge in [0.15, 0.2) is 5.78 Å². The summed E-state index contributed by atoms with van der Waals surface area (Å²) in [5, 5.41) is 0. The normalized spacial score (nSPS) is 18.8. The van der Waals surface area contributed by atoms with Gasteiger partial charge < -0.3 is 0 Å². The highest BCUT2D eigenvalue weighted by Crippen LogP contribution is 2.46. The summed E-state index contributed by atoms with van der Waals surface area (Å²) in [6.45, 7) is 10.3. The molecular formula is C22H24O. The van der Waals surface area contributed by atoms with Crippen molar-refractivity contribution in [3.05, 3.63) is 70.8 Å². The van der Waals surface area contributed by atoms with E-state index in [0.717, 1.165) is 5.56 Å². The molecule has 0 amide bonds. The summed E-state index contributed by atoms with van der Waals surface area (Å²) in [5.41, 5.74) is 5.14. The second-order valence-electron chi connectivity index (χ2n) is 7.58. The maximum Gasteiger partial charge on any atom is 0.152 e. The van der Waals surface area contributed by atoms with Crippen molar-refractivity contribution < 1.29 is 4.79 Å². The Morgan fingerprint density at radius 1 is 0.870 bits per heavy atom. The van der Waals surface area contributed by atoms with E-state index in [0.29, 0.717) is 5.78 Å². The van der Waals surface area contributed by atoms with Crippen LogP contribution in [0, 0.1) is 0 Å². The van der Waals surface area contributed by atoms with Crippen molar-refractivity contribution in [2.45, 2.75) is 45.4 Å². The first-order valence-electron chi connectivity index (χ1n) is 8.18. The summed E-state index contributed by atoms with van der Waals surface area (Å²) in [7, 11) is 0. The Morgan fingerprint density at radius 3 is 2.13 bits per heavy atom. The molecule has 0 bridgehead atoms. The highest BCUT2D eigenvalue weighted by atomic mass is 16.1. The van der Waals surface area contributed by atoms with Crippen molar-refractivity contribution in [3.63, 3.8) is 0 Å². The van der Waals surface area contributed by atoms with Gasteiger partial charge in [-0.1, -0.05) is 54.6 Å². The Balaban J connectivity index is 2.07. The van der Waals surface area contributed by atoms with Crippen LogP contribution in [0.2, 0.25) is 0 Å². The van der Waals surface area contributed by atoms with Crippen LogP contribution in [0.15, 0.2) is 48.5 Å². The zero-order chi connectivity index (χ0) is 16.8. The highest BCUT2D eigenvalue weighted by Gasteiger charge is 2.50. The van der Waals surface area contributed by atoms with Crippen LogP contribution >= 0.6 is 0 Å². The largest absolute Gasteiger partial charge is 0.298 e. The van der Waals surface area contributed by atoms with Gasteiger partial charge in [-0.15, -0.1) is 0 Å². The van der Waals surface area contributed by atoms with Gasteiger partial charge in [0.25, 0.3) is 0 Å². The number of fused-ring (bicyclic) bond motifs is 1. The van der Waals surface area contributed by atoms with E-state index in [2.05, 4.69) is 55.5 Å². The van der Waals surface area contributed by atoms with Crippen LogP contribution in [0.1, 0.15) is 56.9 Å². The van der Waals surface area contributed by atoms with Gasteiger partial charge in [0, 0.05) is 10.8 Å². The minimum atomic E-state index is -0.413. The smallest absolute Gasteiger partial charge is 0.152 e. The van der Waals surface area contributed by atoms with Crippen molar-refractivity contribution >= 4 is 17.4 Å². The molecule has 2 aromatic carbocycles. The number of Topliss-reactive ketones (excluding diaryl/α,β-unsaturated/α-hetero) is 1. The molecule has 1 aliphatic carbocycles. The third-order valence-corrected chi connectivity index (χ3v) is 5.14. The molecule has 0 saturated heterocycles. The van der Waals surface area contributed by atoms with Gasteiger partial charge in [-0.25, -0.2) is 0 Å². The number of rotatable bonds is 2. The molecule has 23 heavy (non-hydrogen) atoms. The van der Waals surface area contributed by atoms with Crippen LogP contribution in [0.5, 0.6) is 0 Å². The Hall–Kier alpha value is -2.15. The molecule has 0 aromatic heterocycles. The average molecular weight is 304 g/mol. The Labute approximate surface area is 139 Å². The van der Waals surface area contributed by atoms with Crippen LogP contribution in [-0.2, 0) is 15.6 Å². The molecule has 0 unspecified atom stereocenters. The first-order chi connectivity index (χ1) is 10.7. The topological polar surface area (TPSA) is 17.1 Å². The van der Waals surface area contributed by atoms with E-state index >= 15 is 0 Å². The lowest BCUT2D eigenvalue weighted by molar-refractivity contribution is -0.126. The number of ketones is 1. The molecule has 1 nitrogen and oxygen atoms in total. The summed E-state index contributed by atoms with van der Waals surface area (Å²) < 4.78 is 0. The van der Waals surface area contributed by atoms with Crippen LogP contribution in [0.4, 0.5) is 0 Å². The Kier molecular flexibility index (Phi) is 3.55. The molecule has 1 heteroatoms. The second-order valence-corrected chi connectivity index (χ2v) is 7.58. The number of hydrogen-bond acceptors (Lipinski definition) is 1. The molecule has 0 radical (unpaired) electrons. The van der Waals surface area contributed by atoms with E-state index in [9.17, 15) is 4.79 Å². The molecule has 0 heterocycles. The molecule has 0 N–H and O–H groups in total. The van der Waals surface area contributed by atoms with Crippen molar-refractivity contribution in [3.8, 4) is 0 Å².